The molecular formula is C14H9Cl2N3. The Morgan fingerprint density at radius 1 is 1.16 bits per heavy atom. The maximum absolute atomic E-state index is 8.92. The molecule has 3 nitrogen and oxygen atoms in total. The first-order valence-electron chi connectivity index (χ1n) is 5.87. The van der Waals surface area contributed by atoms with E-state index in [0.29, 0.717) is 27.7 Å². The predicted molar refractivity (Wildman–Crippen MR) is 73.3 cm³/mol. The Hall–Kier alpha value is -1.63. The summed E-state index contributed by atoms with van der Waals surface area (Å²) in [6.07, 6.45) is 0.997. The zero-order valence-corrected chi connectivity index (χ0v) is 11.4. The summed E-state index contributed by atoms with van der Waals surface area (Å²) in [5.41, 5.74) is 2.78. The lowest BCUT2D eigenvalue weighted by molar-refractivity contribution is 0.955. The largest absolute Gasteiger partial charge is 0.192 e. The lowest BCUT2D eigenvalue weighted by atomic mass is 10.0. The van der Waals surface area contributed by atoms with Crippen LogP contribution in [-0.4, -0.2) is 10.2 Å². The van der Waals surface area contributed by atoms with Gasteiger partial charge in [0.15, 0.2) is 10.3 Å². The maximum atomic E-state index is 8.92. The number of benzene rings is 1. The first-order chi connectivity index (χ1) is 9.19. The molecule has 1 aromatic heterocycles. The second-order valence-electron chi connectivity index (χ2n) is 4.60. The number of rotatable bonds is 2. The summed E-state index contributed by atoms with van der Waals surface area (Å²) < 4.78 is 0. The standard InChI is InChI=1S/C14H9Cl2N3/c15-13-6-12(14(16)19-18-13)11-5-10(11)9-3-1-2-8(4-9)7-17/h1-4,6,10-11H,5H2. The maximum Gasteiger partial charge on any atom is 0.155 e. The lowest BCUT2D eigenvalue weighted by Gasteiger charge is -2.03. The molecule has 2 aromatic rings. The average Bonchev–Trinajstić information content (AvgIpc) is 3.22. The van der Waals surface area contributed by atoms with Crippen molar-refractivity contribution in [2.24, 2.45) is 0 Å². The van der Waals surface area contributed by atoms with E-state index in [1.165, 1.54) is 0 Å². The molecule has 94 valence electrons. The fraction of sp³-hybridized carbons (Fsp3) is 0.214. The molecule has 1 fully saturated rings. The highest BCUT2D eigenvalue weighted by Gasteiger charge is 2.41. The Morgan fingerprint density at radius 3 is 2.79 bits per heavy atom. The van der Waals surface area contributed by atoms with Gasteiger partial charge in [-0.25, -0.2) is 0 Å². The molecule has 0 bridgehead atoms. The predicted octanol–water partition coefficient (Wildman–Crippen LogP) is 3.93. The third-order valence-electron chi connectivity index (χ3n) is 3.38. The van der Waals surface area contributed by atoms with E-state index in [0.717, 1.165) is 17.5 Å². The Balaban J connectivity index is 1.88. The van der Waals surface area contributed by atoms with Gasteiger partial charge in [0.1, 0.15) is 0 Å². The number of aromatic nitrogens is 2. The molecule has 1 aliphatic rings. The zero-order valence-electron chi connectivity index (χ0n) is 9.85. The van der Waals surface area contributed by atoms with Gasteiger partial charge in [-0.1, -0.05) is 35.3 Å². The second kappa shape index (κ2) is 4.80. The van der Waals surface area contributed by atoms with Crippen molar-refractivity contribution in [1.82, 2.24) is 10.2 Å². The Kier molecular flexibility index (Phi) is 3.14. The molecule has 1 aliphatic carbocycles. The molecule has 3 rings (SSSR count). The summed E-state index contributed by atoms with van der Waals surface area (Å²) in [5.74, 6) is 0.695. The number of nitriles is 1. The van der Waals surface area contributed by atoms with E-state index in [-0.39, 0.29) is 0 Å². The van der Waals surface area contributed by atoms with Crippen LogP contribution < -0.4 is 0 Å². The minimum absolute atomic E-state index is 0.314. The van der Waals surface area contributed by atoms with Crippen LogP contribution in [0, 0.1) is 11.3 Å². The van der Waals surface area contributed by atoms with Crippen LogP contribution in [0.15, 0.2) is 30.3 Å². The van der Waals surface area contributed by atoms with Gasteiger partial charge in [0.2, 0.25) is 0 Å². The van der Waals surface area contributed by atoms with Crippen LogP contribution in [0.1, 0.15) is 34.9 Å². The quantitative estimate of drug-likeness (QED) is 0.842. The van der Waals surface area contributed by atoms with Crippen LogP contribution in [-0.2, 0) is 0 Å². The highest BCUT2D eigenvalue weighted by Crippen LogP contribution is 2.56. The summed E-state index contributed by atoms with van der Waals surface area (Å²) in [6.45, 7) is 0. The molecule has 2 unspecified atom stereocenters. The summed E-state index contributed by atoms with van der Waals surface area (Å²) in [4.78, 5) is 0. The fourth-order valence-electron chi connectivity index (χ4n) is 2.37. The highest BCUT2D eigenvalue weighted by molar-refractivity contribution is 6.31. The average molecular weight is 290 g/mol. The third kappa shape index (κ3) is 2.42. The molecule has 1 saturated carbocycles. The van der Waals surface area contributed by atoms with Crippen molar-refractivity contribution >= 4 is 23.2 Å². The number of hydrogen-bond donors (Lipinski definition) is 0. The van der Waals surface area contributed by atoms with Gasteiger partial charge < -0.3 is 0 Å². The van der Waals surface area contributed by atoms with Crippen LogP contribution in [0.4, 0.5) is 0 Å². The molecule has 0 radical (unpaired) electrons. The van der Waals surface area contributed by atoms with Gasteiger partial charge >= 0.3 is 0 Å². The van der Waals surface area contributed by atoms with Crippen LogP contribution in [0.3, 0.4) is 0 Å². The van der Waals surface area contributed by atoms with Crippen molar-refractivity contribution in [1.29, 1.82) is 5.26 Å². The summed E-state index contributed by atoms with van der Waals surface area (Å²) >= 11 is 11.9. The van der Waals surface area contributed by atoms with Crippen LogP contribution in [0.2, 0.25) is 10.3 Å². The van der Waals surface area contributed by atoms with Gasteiger partial charge in [0.05, 0.1) is 11.6 Å². The van der Waals surface area contributed by atoms with Gasteiger partial charge in [-0.05, 0) is 47.6 Å². The van der Waals surface area contributed by atoms with E-state index in [1.54, 1.807) is 12.1 Å². The molecule has 19 heavy (non-hydrogen) atoms. The highest BCUT2D eigenvalue weighted by atomic mass is 35.5. The first kappa shape index (κ1) is 12.4. The monoisotopic (exact) mass is 289 g/mol. The molecule has 0 saturated heterocycles. The van der Waals surface area contributed by atoms with E-state index in [4.69, 9.17) is 28.5 Å². The van der Waals surface area contributed by atoms with Crippen molar-refractivity contribution in [2.75, 3.05) is 0 Å². The second-order valence-corrected chi connectivity index (χ2v) is 5.34. The van der Waals surface area contributed by atoms with E-state index < -0.39 is 0 Å². The number of hydrogen-bond acceptors (Lipinski definition) is 3. The van der Waals surface area contributed by atoms with Gasteiger partial charge in [-0.3, -0.25) is 0 Å². The van der Waals surface area contributed by atoms with Gasteiger partial charge in [-0.2, -0.15) is 5.26 Å². The number of halogens is 2. The Morgan fingerprint density at radius 2 is 2.00 bits per heavy atom. The van der Waals surface area contributed by atoms with Gasteiger partial charge in [0.25, 0.3) is 0 Å². The molecule has 5 heteroatoms. The van der Waals surface area contributed by atoms with Gasteiger partial charge in [0, 0.05) is 0 Å². The molecule has 2 atom stereocenters. The van der Waals surface area contributed by atoms with Crippen LogP contribution >= 0.6 is 23.2 Å². The van der Waals surface area contributed by atoms with Crippen molar-refractivity contribution in [2.45, 2.75) is 18.3 Å². The lowest BCUT2D eigenvalue weighted by Crippen LogP contribution is -1.92. The molecule has 0 aliphatic heterocycles. The SMILES string of the molecule is N#Cc1cccc(C2CC2c2cc(Cl)nnc2Cl)c1. The van der Waals surface area contributed by atoms with Crippen LogP contribution in [0.25, 0.3) is 0 Å². The summed E-state index contributed by atoms with van der Waals surface area (Å²) in [6, 6.07) is 11.6. The van der Waals surface area contributed by atoms with Gasteiger partial charge in [-0.15, -0.1) is 10.2 Å². The summed E-state index contributed by atoms with van der Waals surface area (Å²) in [7, 11) is 0. The van der Waals surface area contributed by atoms with Crippen molar-refractivity contribution in [3.63, 3.8) is 0 Å². The number of nitrogens with zero attached hydrogens (tertiary/aromatic N) is 3. The Labute approximate surface area is 120 Å². The molecule has 0 N–H and O–H groups in total. The topological polar surface area (TPSA) is 49.6 Å². The molecular weight excluding hydrogens is 281 g/mol. The Bertz CT molecular complexity index is 679. The smallest absolute Gasteiger partial charge is 0.155 e. The summed E-state index contributed by atoms with van der Waals surface area (Å²) in [5, 5.41) is 17.2. The third-order valence-corrected chi connectivity index (χ3v) is 3.86. The normalized spacial score (nSPS) is 20.9. The fourth-order valence-corrected chi connectivity index (χ4v) is 2.76. The minimum Gasteiger partial charge on any atom is -0.192 e. The van der Waals surface area contributed by atoms with E-state index >= 15 is 0 Å². The van der Waals surface area contributed by atoms with E-state index in [2.05, 4.69) is 16.3 Å². The van der Waals surface area contributed by atoms with Crippen molar-refractivity contribution in [3.8, 4) is 6.07 Å². The molecule has 1 heterocycles. The minimum atomic E-state index is 0.314. The van der Waals surface area contributed by atoms with Crippen molar-refractivity contribution in [3.05, 3.63) is 57.3 Å². The molecule has 0 spiro atoms. The molecule has 0 amide bonds. The van der Waals surface area contributed by atoms with Crippen LogP contribution in [0.5, 0.6) is 0 Å². The first-order valence-corrected chi connectivity index (χ1v) is 6.63. The van der Waals surface area contributed by atoms with E-state index in [9.17, 15) is 0 Å². The van der Waals surface area contributed by atoms with E-state index in [1.807, 2.05) is 18.2 Å². The zero-order chi connectivity index (χ0) is 13.4. The molecule has 1 aromatic carbocycles. The van der Waals surface area contributed by atoms with Crippen molar-refractivity contribution < 1.29 is 0 Å².